The van der Waals surface area contributed by atoms with Gasteiger partial charge in [-0.25, -0.2) is 15.0 Å². The summed E-state index contributed by atoms with van der Waals surface area (Å²) in [4.78, 5) is 17.8. The summed E-state index contributed by atoms with van der Waals surface area (Å²) in [5, 5.41) is 4.19. The van der Waals surface area contributed by atoms with Crippen LogP contribution >= 0.6 is 0 Å². The summed E-state index contributed by atoms with van der Waals surface area (Å²) < 4.78 is 7.80. The molecule has 140 valence electrons. The van der Waals surface area contributed by atoms with Crippen LogP contribution in [0.3, 0.4) is 0 Å². The van der Waals surface area contributed by atoms with E-state index >= 15 is 0 Å². The van der Waals surface area contributed by atoms with Crippen molar-refractivity contribution in [2.24, 2.45) is 7.05 Å². The highest BCUT2D eigenvalue weighted by Crippen LogP contribution is 2.29. The van der Waals surface area contributed by atoms with Crippen molar-refractivity contribution in [2.75, 3.05) is 0 Å². The van der Waals surface area contributed by atoms with E-state index in [4.69, 9.17) is 4.74 Å². The van der Waals surface area contributed by atoms with Crippen molar-refractivity contribution in [3.63, 3.8) is 0 Å². The highest BCUT2D eigenvalue weighted by Gasteiger charge is 2.11. The summed E-state index contributed by atoms with van der Waals surface area (Å²) in [5.41, 5.74) is 5.19. The van der Waals surface area contributed by atoms with Crippen LogP contribution in [0.5, 0.6) is 11.5 Å². The maximum Gasteiger partial charge on any atom is 0.148 e. The molecule has 0 amide bonds. The Morgan fingerprint density at radius 1 is 0.893 bits per heavy atom. The normalized spacial score (nSPS) is 10.9. The zero-order valence-electron chi connectivity index (χ0n) is 16.2. The van der Waals surface area contributed by atoms with Gasteiger partial charge in [0, 0.05) is 42.8 Å². The molecule has 0 spiro atoms. The number of hydrogen-bond acceptors (Lipinski definition) is 6. The Labute approximate surface area is 163 Å². The van der Waals surface area contributed by atoms with E-state index in [0.717, 1.165) is 39.7 Å². The maximum atomic E-state index is 6.06. The van der Waals surface area contributed by atoms with Crippen molar-refractivity contribution < 1.29 is 4.74 Å². The molecule has 0 N–H and O–H groups in total. The van der Waals surface area contributed by atoms with E-state index in [1.165, 1.54) is 0 Å². The lowest BCUT2D eigenvalue weighted by atomic mass is 10.1. The zero-order chi connectivity index (χ0) is 19.7. The number of nitrogens with zero attached hydrogens (tertiary/aromatic N) is 6. The van der Waals surface area contributed by atoms with Crippen LogP contribution in [0.1, 0.15) is 17.2 Å². The fourth-order valence-corrected chi connectivity index (χ4v) is 2.95. The van der Waals surface area contributed by atoms with Crippen LogP contribution in [0, 0.1) is 20.8 Å². The molecule has 4 heterocycles. The molecule has 0 radical (unpaired) electrons. The molecule has 0 bridgehead atoms. The average molecular weight is 372 g/mol. The van der Waals surface area contributed by atoms with Gasteiger partial charge in [0.1, 0.15) is 17.3 Å². The van der Waals surface area contributed by atoms with Gasteiger partial charge in [0.2, 0.25) is 0 Å². The lowest BCUT2D eigenvalue weighted by molar-refractivity contribution is 0.475. The second kappa shape index (κ2) is 7.19. The molecule has 0 aliphatic carbocycles. The van der Waals surface area contributed by atoms with E-state index < -0.39 is 0 Å². The van der Waals surface area contributed by atoms with Crippen LogP contribution in [-0.2, 0) is 7.05 Å². The molecular formula is C21H20N6O. The fraction of sp³-hybridized carbons (Fsp3) is 0.190. The second-order valence-electron chi connectivity index (χ2n) is 6.58. The Balaban J connectivity index is 1.61. The average Bonchev–Trinajstić information content (AvgIpc) is 3.10. The van der Waals surface area contributed by atoms with Crippen LogP contribution in [0.2, 0.25) is 0 Å². The van der Waals surface area contributed by atoms with Crippen LogP contribution in [0.25, 0.3) is 22.5 Å². The lowest BCUT2D eigenvalue weighted by Crippen LogP contribution is -1.98. The van der Waals surface area contributed by atoms with Gasteiger partial charge in [-0.05, 0) is 39.0 Å². The van der Waals surface area contributed by atoms with Gasteiger partial charge < -0.3 is 4.74 Å². The van der Waals surface area contributed by atoms with Gasteiger partial charge >= 0.3 is 0 Å². The Morgan fingerprint density at radius 3 is 2.46 bits per heavy atom. The highest BCUT2D eigenvalue weighted by molar-refractivity contribution is 5.62. The Hall–Kier alpha value is -3.61. The van der Waals surface area contributed by atoms with Crippen LogP contribution < -0.4 is 4.74 Å². The molecule has 28 heavy (non-hydrogen) atoms. The smallest absolute Gasteiger partial charge is 0.148 e. The number of pyridine rings is 2. The Morgan fingerprint density at radius 2 is 1.75 bits per heavy atom. The van der Waals surface area contributed by atoms with Gasteiger partial charge in [0.15, 0.2) is 0 Å². The number of ether oxygens (including phenoxy) is 1. The van der Waals surface area contributed by atoms with Crippen molar-refractivity contribution in [3.8, 4) is 34.0 Å². The van der Waals surface area contributed by atoms with Gasteiger partial charge in [-0.15, -0.1) is 0 Å². The molecule has 0 aliphatic rings. The van der Waals surface area contributed by atoms with Crippen LogP contribution in [0.4, 0.5) is 0 Å². The van der Waals surface area contributed by atoms with E-state index in [9.17, 15) is 0 Å². The molecule has 7 nitrogen and oxygen atoms in total. The molecule has 0 fully saturated rings. The summed E-state index contributed by atoms with van der Waals surface area (Å²) >= 11 is 0. The van der Waals surface area contributed by atoms with Crippen molar-refractivity contribution in [1.29, 1.82) is 0 Å². The van der Waals surface area contributed by atoms with Crippen molar-refractivity contribution >= 4 is 0 Å². The summed E-state index contributed by atoms with van der Waals surface area (Å²) in [6.45, 7) is 5.76. The number of hydrogen-bond donors (Lipinski definition) is 0. The van der Waals surface area contributed by atoms with Crippen molar-refractivity contribution in [1.82, 2.24) is 29.7 Å². The quantitative estimate of drug-likeness (QED) is 0.538. The first-order valence-corrected chi connectivity index (χ1v) is 8.91. The molecule has 7 heteroatoms. The topological polar surface area (TPSA) is 78.6 Å². The molecule has 4 aromatic heterocycles. The molecule has 0 atom stereocenters. The van der Waals surface area contributed by atoms with Crippen molar-refractivity contribution in [2.45, 2.75) is 20.8 Å². The first-order chi connectivity index (χ1) is 13.5. The van der Waals surface area contributed by atoms with E-state index in [2.05, 4.69) is 25.0 Å². The summed E-state index contributed by atoms with van der Waals surface area (Å²) in [7, 11) is 1.88. The minimum Gasteiger partial charge on any atom is -0.455 e. The van der Waals surface area contributed by atoms with Gasteiger partial charge in [-0.2, -0.15) is 5.10 Å². The third-order valence-electron chi connectivity index (χ3n) is 4.37. The summed E-state index contributed by atoms with van der Waals surface area (Å²) in [5.74, 6) is 2.14. The molecule has 0 aliphatic heterocycles. The Bertz CT molecular complexity index is 1150. The Kier molecular flexibility index (Phi) is 4.57. The number of rotatable bonds is 4. The molecule has 0 saturated carbocycles. The summed E-state index contributed by atoms with van der Waals surface area (Å²) in [6.07, 6.45) is 7.23. The fourth-order valence-electron chi connectivity index (χ4n) is 2.95. The third-order valence-corrected chi connectivity index (χ3v) is 4.37. The maximum absolute atomic E-state index is 6.06. The molecule has 0 aromatic carbocycles. The molecule has 4 aromatic rings. The van der Waals surface area contributed by atoms with Gasteiger partial charge in [0.05, 0.1) is 29.0 Å². The largest absolute Gasteiger partial charge is 0.455 e. The molecule has 0 saturated heterocycles. The lowest BCUT2D eigenvalue weighted by Gasteiger charge is -2.11. The first-order valence-electron chi connectivity index (χ1n) is 8.91. The van der Waals surface area contributed by atoms with E-state index in [0.29, 0.717) is 11.5 Å². The SMILES string of the molecule is Cc1ncc(-c2ccc(Oc3ccnc(-c4cnn(C)c4)c3)c(C)n2)c(C)n1. The molecule has 0 unspecified atom stereocenters. The third kappa shape index (κ3) is 3.59. The minimum atomic E-state index is 0.692. The minimum absolute atomic E-state index is 0.692. The second-order valence-corrected chi connectivity index (χ2v) is 6.58. The van der Waals surface area contributed by atoms with E-state index in [1.54, 1.807) is 17.1 Å². The summed E-state index contributed by atoms with van der Waals surface area (Å²) in [6, 6.07) is 7.56. The monoisotopic (exact) mass is 372 g/mol. The van der Waals surface area contributed by atoms with Crippen molar-refractivity contribution in [3.05, 3.63) is 66.3 Å². The zero-order valence-corrected chi connectivity index (χ0v) is 16.2. The van der Waals surface area contributed by atoms with Gasteiger partial charge in [-0.3, -0.25) is 9.67 Å². The van der Waals surface area contributed by atoms with E-state index in [1.807, 2.05) is 64.5 Å². The van der Waals surface area contributed by atoms with Crippen LogP contribution in [-0.4, -0.2) is 29.7 Å². The predicted octanol–water partition coefficient (Wildman–Crippen LogP) is 4.05. The number of aromatic nitrogens is 6. The predicted molar refractivity (Wildman–Crippen MR) is 106 cm³/mol. The van der Waals surface area contributed by atoms with E-state index in [-0.39, 0.29) is 0 Å². The molecular weight excluding hydrogens is 352 g/mol. The van der Waals surface area contributed by atoms with Gasteiger partial charge in [0.25, 0.3) is 0 Å². The number of aryl methyl sites for hydroxylation is 4. The van der Waals surface area contributed by atoms with Crippen LogP contribution in [0.15, 0.2) is 49.1 Å². The highest BCUT2D eigenvalue weighted by atomic mass is 16.5. The molecule has 4 rings (SSSR count). The first kappa shape index (κ1) is 17.8. The standard InChI is InChI=1S/C21H20N6O/c1-13-18(11-23-15(3)25-13)19-5-6-21(14(2)26-19)28-17-7-8-22-20(9-17)16-10-24-27(4)12-16/h5-12H,1-4H3. The van der Waals surface area contributed by atoms with Gasteiger partial charge in [-0.1, -0.05) is 0 Å².